The SMILES string of the molecule is Cc1ccc(CCP([I-])(c2ccccc2)(c2ccccc2)c2ccccc2)cc1. The van der Waals surface area contributed by atoms with Crippen LogP contribution in [-0.2, 0) is 6.42 Å². The van der Waals surface area contributed by atoms with Crippen molar-refractivity contribution in [1.82, 2.24) is 0 Å². The van der Waals surface area contributed by atoms with E-state index in [1.54, 1.807) is 0 Å². The summed E-state index contributed by atoms with van der Waals surface area (Å²) in [7, 11) is 0. The molecule has 0 unspecified atom stereocenters. The van der Waals surface area contributed by atoms with E-state index in [0.29, 0.717) is 0 Å². The molecule has 0 saturated heterocycles. The molecule has 0 spiro atoms. The molecule has 0 amide bonds. The number of aryl methyl sites for hydroxylation is 2. The summed E-state index contributed by atoms with van der Waals surface area (Å²) >= 11 is 2.87. The van der Waals surface area contributed by atoms with Crippen LogP contribution in [0.1, 0.15) is 11.1 Å². The number of benzene rings is 4. The van der Waals surface area contributed by atoms with Gasteiger partial charge in [0.15, 0.2) is 0 Å². The van der Waals surface area contributed by atoms with Crippen LogP contribution < -0.4 is 38.0 Å². The summed E-state index contributed by atoms with van der Waals surface area (Å²) in [6.45, 7) is 2.15. The topological polar surface area (TPSA) is 0 Å². The van der Waals surface area contributed by atoms with Gasteiger partial charge in [-0.25, -0.2) is 0 Å². The number of halogens is 1. The van der Waals surface area contributed by atoms with Gasteiger partial charge in [0.25, 0.3) is 0 Å². The molecule has 0 atom stereocenters. The fourth-order valence-electron chi connectivity index (χ4n) is 4.14. The summed E-state index contributed by atoms with van der Waals surface area (Å²) < 4.78 is -2.66. The van der Waals surface area contributed by atoms with E-state index in [0.717, 1.165) is 12.6 Å². The van der Waals surface area contributed by atoms with Gasteiger partial charge in [-0.2, -0.15) is 0 Å². The number of rotatable bonds is 6. The molecule has 4 aromatic carbocycles. The molecule has 4 aromatic rings. The Morgan fingerprint density at radius 3 is 1.31 bits per heavy atom. The molecule has 0 bridgehead atoms. The predicted molar refractivity (Wildman–Crippen MR) is 125 cm³/mol. The van der Waals surface area contributed by atoms with Gasteiger partial charge in [0.05, 0.1) is 0 Å². The van der Waals surface area contributed by atoms with E-state index in [4.69, 9.17) is 0 Å². The number of hydrogen-bond acceptors (Lipinski definition) is 0. The van der Waals surface area contributed by atoms with Crippen molar-refractivity contribution in [2.24, 2.45) is 0 Å². The molecule has 29 heavy (non-hydrogen) atoms. The Hall–Kier alpha value is -1.96. The van der Waals surface area contributed by atoms with Gasteiger partial charge >= 0.3 is 188 Å². The second-order valence-electron chi connectivity index (χ2n) is 7.65. The minimum absolute atomic E-state index is 1.06. The van der Waals surface area contributed by atoms with Crippen molar-refractivity contribution in [1.29, 1.82) is 0 Å². The van der Waals surface area contributed by atoms with Gasteiger partial charge in [-0.15, -0.1) is 0 Å². The van der Waals surface area contributed by atoms with Gasteiger partial charge in [-0.1, -0.05) is 0 Å². The fraction of sp³-hybridized carbons (Fsp3) is 0.111. The first kappa shape index (κ1) is 20.3. The average Bonchev–Trinajstić information content (AvgIpc) is 2.80. The van der Waals surface area contributed by atoms with Crippen LogP contribution >= 0.6 is 4.25 Å². The summed E-state index contributed by atoms with van der Waals surface area (Å²) in [5.41, 5.74) is 2.72. The monoisotopic (exact) mass is 508 g/mol. The standard InChI is InChI=1S/C27H26IP/c1-23-17-19-24(20-18-23)21-22-29(28,25-11-5-2-6-12-25,26-13-7-3-8-14-26)27-15-9-4-10-16-27/h2-20H,21-22H2,1H3/q-1. The van der Waals surface area contributed by atoms with Crippen LogP contribution in [0.5, 0.6) is 0 Å². The Kier molecular flexibility index (Phi) is 5.90. The molecule has 4 rings (SSSR count). The van der Waals surface area contributed by atoms with E-state index in [1.807, 2.05) is 0 Å². The maximum absolute atomic E-state index is 2.87. The van der Waals surface area contributed by atoms with Gasteiger partial charge in [0, 0.05) is 0 Å². The normalized spacial score (nSPS) is 12.8. The molecule has 0 N–H and O–H groups in total. The predicted octanol–water partition coefficient (Wildman–Crippen LogP) is 2.54. The molecule has 147 valence electrons. The molecule has 0 nitrogen and oxygen atoms in total. The number of hydrogen-bond donors (Lipinski definition) is 0. The van der Waals surface area contributed by atoms with Crippen LogP contribution in [0.2, 0.25) is 0 Å². The quantitative estimate of drug-likeness (QED) is 0.278. The molecule has 2 heteroatoms. The molecule has 0 aliphatic carbocycles. The van der Waals surface area contributed by atoms with Crippen LogP contribution in [0.4, 0.5) is 0 Å². The average molecular weight is 508 g/mol. The van der Waals surface area contributed by atoms with Gasteiger partial charge in [-0.3, -0.25) is 0 Å². The second kappa shape index (κ2) is 8.42. The van der Waals surface area contributed by atoms with Crippen molar-refractivity contribution < 1.29 is 22.0 Å². The van der Waals surface area contributed by atoms with Crippen LogP contribution in [-0.4, -0.2) is 6.16 Å². The molecule has 0 aliphatic heterocycles. The molecular formula is C27H26IP-. The third kappa shape index (κ3) is 3.79. The Morgan fingerprint density at radius 1 is 0.552 bits per heavy atom. The second-order valence-corrected chi connectivity index (χ2v) is 18.4. The zero-order valence-corrected chi connectivity index (χ0v) is 19.8. The molecule has 0 fully saturated rings. The summed E-state index contributed by atoms with van der Waals surface area (Å²) in [4.78, 5) is 0. The van der Waals surface area contributed by atoms with E-state index in [1.165, 1.54) is 27.0 Å². The molecule has 0 aliphatic rings. The molecule has 0 saturated carbocycles. The first-order chi connectivity index (χ1) is 14.1. The summed E-state index contributed by atoms with van der Waals surface area (Å²) in [6, 6.07) is 42.5. The third-order valence-electron chi connectivity index (χ3n) is 5.82. The zero-order valence-electron chi connectivity index (χ0n) is 16.7. The van der Waals surface area contributed by atoms with Crippen molar-refractivity contribution in [3.05, 3.63) is 126 Å². The molecular weight excluding hydrogens is 482 g/mol. The summed E-state index contributed by atoms with van der Waals surface area (Å²) in [5.74, 6) is 0. The van der Waals surface area contributed by atoms with E-state index in [2.05, 4.69) is 144 Å². The van der Waals surface area contributed by atoms with Crippen molar-refractivity contribution in [3.63, 3.8) is 0 Å². The molecule has 0 aromatic heterocycles. The van der Waals surface area contributed by atoms with Crippen LogP contribution in [0.15, 0.2) is 115 Å². The van der Waals surface area contributed by atoms with E-state index >= 15 is 0 Å². The van der Waals surface area contributed by atoms with Gasteiger partial charge in [0.2, 0.25) is 0 Å². The van der Waals surface area contributed by atoms with Crippen molar-refractivity contribution in [2.75, 3.05) is 6.16 Å². The third-order valence-corrected chi connectivity index (χ3v) is 17.5. The van der Waals surface area contributed by atoms with Gasteiger partial charge < -0.3 is 0 Å². The van der Waals surface area contributed by atoms with E-state index < -0.39 is 4.25 Å². The van der Waals surface area contributed by atoms with E-state index in [9.17, 15) is 0 Å². The fourth-order valence-corrected chi connectivity index (χ4v) is 12.5. The van der Waals surface area contributed by atoms with E-state index in [-0.39, 0.29) is 0 Å². The van der Waals surface area contributed by atoms with Gasteiger partial charge in [0.1, 0.15) is 0 Å². The first-order valence-corrected chi connectivity index (χ1v) is 15.3. The molecule has 1 radical (unpaired) electrons. The minimum atomic E-state index is -2.66. The first-order valence-electron chi connectivity index (χ1n) is 10.1. The Labute approximate surface area is 187 Å². The van der Waals surface area contributed by atoms with Crippen molar-refractivity contribution in [2.45, 2.75) is 13.3 Å². The van der Waals surface area contributed by atoms with Crippen LogP contribution in [0, 0.1) is 6.92 Å². The Balaban J connectivity index is 1.95. The Bertz CT molecular complexity index is 958. The summed E-state index contributed by atoms with van der Waals surface area (Å²) in [5, 5.41) is 4.34. The van der Waals surface area contributed by atoms with Crippen molar-refractivity contribution >= 4 is 20.2 Å². The van der Waals surface area contributed by atoms with Crippen LogP contribution in [0.25, 0.3) is 0 Å². The zero-order chi connectivity index (χ0) is 20.2. The van der Waals surface area contributed by atoms with Crippen LogP contribution in [0.3, 0.4) is 0 Å². The molecule has 0 heterocycles. The van der Waals surface area contributed by atoms with Gasteiger partial charge in [-0.05, 0) is 0 Å². The van der Waals surface area contributed by atoms with Crippen molar-refractivity contribution in [3.8, 4) is 0 Å². The maximum atomic E-state index is 2.87. The summed E-state index contributed by atoms with van der Waals surface area (Å²) in [6.07, 6.45) is 2.16. The Morgan fingerprint density at radius 2 is 0.931 bits per heavy atom.